The first kappa shape index (κ1) is 10.5. The molecule has 5 heteroatoms. The van der Waals surface area contributed by atoms with Crippen molar-refractivity contribution in [3.05, 3.63) is 24.7 Å². The highest BCUT2D eigenvalue weighted by atomic mass is 15.2. The Morgan fingerprint density at radius 2 is 2.35 bits per heavy atom. The molecule has 0 spiro atoms. The minimum Gasteiger partial charge on any atom is -0.362 e. The maximum Gasteiger partial charge on any atom is 0.152 e. The van der Waals surface area contributed by atoms with Gasteiger partial charge in [0.15, 0.2) is 5.82 Å². The van der Waals surface area contributed by atoms with Crippen LogP contribution in [0.2, 0.25) is 0 Å². The van der Waals surface area contributed by atoms with Gasteiger partial charge in [-0.15, -0.1) is 0 Å². The summed E-state index contributed by atoms with van der Waals surface area (Å²) in [7, 11) is 0. The van der Waals surface area contributed by atoms with Gasteiger partial charge in [-0.2, -0.15) is 5.10 Å². The minimum atomic E-state index is -0.0564. The zero-order chi connectivity index (χ0) is 11.9. The van der Waals surface area contributed by atoms with E-state index in [1.165, 1.54) is 12.8 Å². The fraction of sp³-hybridized carbons (Fsp3) is 0.500. The number of fused-ring (bicyclic) bond motifs is 1. The first-order valence-electron chi connectivity index (χ1n) is 5.99. The number of hydrogen-bond donors (Lipinski definition) is 2. The van der Waals surface area contributed by atoms with Crippen molar-refractivity contribution in [1.82, 2.24) is 14.6 Å². The van der Waals surface area contributed by atoms with Crippen LogP contribution in [0.3, 0.4) is 0 Å². The van der Waals surface area contributed by atoms with Crippen molar-refractivity contribution in [3.8, 4) is 0 Å². The fourth-order valence-corrected chi connectivity index (χ4v) is 2.26. The molecule has 3 rings (SSSR count). The standard InChI is InChI=1S/C12H17N5/c1-12(8-13,9-2-3-9)16-11-10-4-5-15-17(10)7-6-14-11/h4-7,9H,2-3,8,13H2,1H3,(H,14,16). The molecule has 1 unspecified atom stereocenters. The Balaban J connectivity index is 1.96. The lowest BCUT2D eigenvalue weighted by Gasteiger charge is -2.30. The van der Waals surface area contributed by atoms with E-state index in [1.807, 2.05) is 16.8 Å². The predicted octanol–water partition coefficient (Wildman–Crippen LogP) is 1.27. The van der Waals surface area contributed by atoms with Gasteiger partial charge in [0, 0.05) is 18.9 Å². The summed E-state index contributed by atoms with van der Waals surface area (Å²) >= 11 is 0. The number of nitrogens with two attached hydrogens (primary N) is 1. The Morgan fingerprint density at radius 1 is 1.53 bits per heavy atom. The summed E-state index contributed by atoms with van der Waals surface area (Å²) in [5.74, 6) is 1.53. The lowest BCUT2D eigenvalue weighted by molar-refractivity contribution is 0.458. The molecular formula is C12H17N5. The molecule has 1 aliphatic rings. The van der Waals surface area contributed by atoms with Crippen LogP contribution in [-0.4, -0.2) is 26.7 Å². The highest BCUT2D eigenvalue weighted by Crippen LogP contribution is 2.40. The van der Waals surface area contributed by atoms with Gasteiger partial charge in [0.25, 0.3) is 0 Å². The Bertz CT molecular complexity index is 530. The molecule has 1 aliphatic carbocycles. The Kier molecular flexibility index (Phi) is 2.29. The molecule has 0 saturated heterocycles. The molecule has 1 fully saturated rings. The van der Waals surface area contributed by atoms with Gasteiger partial charge >= 0.3 is 0 Å². The zero-order valence-corrected chi connectivity index (χ0v) is 9.93. The molecule has 2 aromatic rings. The molecule has 5 nitrogen and oxygen atoms in total. The van der Waals surface area contributed by atoms with Gasteiger partial charge in [-0.05, 0) is 31.7 Å². The van der Waals surface area contributed by atoms with E-state index in [0.717, 1.165) is 11.3 Å². The maximum atomic E-state index is 5.90. The summed E-state index contributed by atoms with van der Waals surface area (Å²) in [6, 6.07) is 1.96. The number of nitrogens with zero attached hydrogens (tertiary/aromatic N) is 3. The van der Waals surface area contributed by atoms with Crippen LogP contribution in [0.25, 0.3) is 5.52 Å². The van der Waals surface area contributed by atoms with E-state index in [2.05, 4.69) is 22.3 Å². The number of anilines is 1. The number of rotatable bonds is 4. The molecule has 17 heavy (non-hydrogen) atoms. The van der Waals surface area contributed by atoms with Crippen LogP contribution in [0.5, 0.6) is 0 Å². The lowest BCUT2D eigenvalue weighted by atomic mass is 9.96. The molecule has 0 aliphatic heterocycles. The second kappa shape index (κ2) is 3.70. The van der Waals surface area contributed by atoms with E-state index in [0.29, 0.717) is 12.5 Å². The van der Waals surface area contributed by atoms with Crippen LogP contribution < -0.4 is 11.1 Å². The molecule has 2 aromatic heterocycles. The van der Waals surface area contributed by atoms with Crippen LogP contribution in [0.4, 0.5) is 5.82 Å². The summed E-state index contributed by atoms with van der Waals surface area (Å²) in [5.41, 5.74) is 6.84. The van der Waals surface area contributed by atoms with Crippen molar-refractivity contribution in [2.75, 3.05) is 11.9 Å². The summed E-state index contributed by atoms with van der Waals surface area (Å²) in [6.07, 6.45) is 7.88. The van der Waals surface area contributed by atoms with Gasteiger partial charge in [-0.25, -0.2) is 9.50 Å². The van der Waals surface area contributed by atoms with Crippen molar-refractivity contribution in [2.24, 2.45) is 11.7 Å². The molecule has 2 heterocycles. The second-order valence-electron chi connectivity index (χ2n) is 4.96. The second-order valence-corrected chi connectivity index (χ2v) is 4.96. The largest absolute Gasteiger partial charge is 0.362 e. The minimum absolute atomic E-state index is 0.0564. The molecule has 1 saturated carbocycles. The van der Waals surface area contributed by atoms with Gasteiger partial charge in [0.1, 0.15) is 5.52 Å². The predicted molar refractivity (Wildman–Crippen MR) is 66.8 cm³/mol. The SMILES string of the molecule is CC(CN)(Nc1nccn2nccc12)C1CC1. The first-order valence-corrected chi connectivity index (χ1v) is 5.99. The van der Waals surface area contributed by atoms with E-state index in [4.69, 9.17) is 5.73 Å². The third-order valence-corrected chi connectivity index (χ3v) is 3.63. The highest BCUT2D eigenvalue weighted by molar-refractivity contribution is 5.67. The van der Waals surface area contributed by atoms with E-state index >= 15 is 0 Å². The van der Waals surface area contributed by atoms with Crippen LogP contribution >= 0.6 is 0 Å². The molecule has 0 bridgehead atoms. The van der Waals surface area contributed by atoms with Crippen LogP contribution in [0.1, 0.15) is 19.8 Å². The average Bonchev–Trinajstić information content (AvgIpc) is 3.09. The van der Waals surface area contributed by atoms with E-state index in [9.17, 15) is 0 Å². The van der Waals surface area contributed by atoms with Gasteiger partial charge in [0.05, 0.1) is 11.7 Å². The molecule has 90 valence electrons. The van der Waals surface area contributed by atoms with Crippen LogP contribution in [0.15, 0.2) is 24.7 Å². The van der Waals surface area contributed by atoms with E-state index < -0.39 is 0 Å². The van der Waals surface area contributed by atoms with Gasteiger partial charge < -0.3 is 11.1 Å². The van der Waals surface area contributed by atoms with Crippen molar-refractivity contribution >= 4 is 11.3 Å². The Morgan fingerprint density at radius 3 is 3.06 bits per heavy atom. The summed E-state index contributed by atoms with van der Waals surface area (Å²) in [4.78, 5) is 4.39. The number of hydrogen-bond acceptors (Lipinski definition) is 4. The summed E-state index contributed by atoms with van der Waals surface area (Å²) < 4.78 is 1.82. The fourth-order valence-electron chi connectivity index (χ4n) is 2.26. The molecule has 0 radical (unpaired) electrons. The van der Waals surface area contributed by atoms with E-state index in [-0.39, 0.29) is 5.54 Å². The third kappa shape index (κ3) is 1.76. The summed E-state index contributed by atoms with van der Waals surface area (Å²) in [6.45, 7) is 2.79. The quantitative estimate of drug-likeness (QED) is 0.831. The normalized spacial score (nSPS) is 19.2. The first-order chi connectivity index (χ1) is 8.23. The highest BCUT2D eigenvalue weighted by Gasteiger charge is 2.40. The molecule has 0 amide bonds. The smallest absolute Gasteiger partial charge is 0.152 e. The van der Waals surface area contributed by atoms with Crippen LogP contribution in [-0.2, 0) is 0 Å². The molecular weight excluding hydrogens is 214 g/mol. The van der Waals surface area contributed by atoms with Crippen molar-refractivity contribution < 1.29 is 0 Å². The van der Waals surface area contributed by atoms with Crippen molar-refractivity contribution in [3.63, 3.8) is 0 Å². The van der Waals surface area contributed by atoms with Gasteiger partial charge in [-0.3, -0.25) is 0 Å². The molecule has 0 aromatic carbocycles. The average molecular weight is 231 g/mol. The van der Waals surface area contributed by atoms with Crippen molar-refractivity contribution in [2.45, 2.75) is 25.3 Å². The lowest BCUT2D eigenvalue weighted by Crippen LogP contribution is -2.45. The van der Waals surface area contributed by atoms with E-state index in [1.54, 1.807) is 12.4 Å². The number of aromatic nitrogens is 3. The molecule has 1 atom stereocenters. The topological polar surface area (TPSA) is 68.2 Å². The third-order valence-electron chi connectivity index (χ3n) is 3.63. The summed E-state index contributed by atoms with van der Waals surface area (Å²) in [5, 5.41) is 7.70. The Hall–Kier alpha value is -1.62. The van der Waals surface area contributed by atoms with Gasteiger partial charge in [-0.1, -0.05) is 0 Å². The Labute approximate surface area is 100 Å². The maximum absolute atomic E-state index is 5.90. The number of nitrogens with one attached hydrogen (secondary N) is 1. The zero-order valence-electron chi connectivity index (χ0n) is 9.93. The van der Waals surface area contributed by atoms with Gasteiger partial charge in [0.2, 0.25) is 0 Å². The monoisotopic (exact) mass is 231 g/mol. The van der Waals surface area contributed by atoms with Crippen molar-refractivity contribution in [1.29, 1.82) is 0 Å². The van der Waals surface area contributed by atoms with Crippen LogP contribution in [0, 0.1) is 5.92 Å². The molecule has 3 N–H and O–H groups in total.